The Morgan fingerprint density at radius 2 is 2.15 bits per heavy atom. The fraction of sp³-hybridized carbons (Fsp3) is 0.900. The van der Waals surface area contributed by atoms with E-state index in [-0.39, 0.29) is 11.7 Å². The summed E-state index contributed by atoms with van der Waals surface area (Å²) in [6, 6.07) is 0.467. The molecule has 0 aliphatic carbocycles. The Bertz CT molecular complexity index is 191. The number of likely N-dealkylation sites (tertiary alicyclic amines) is 1. The van der Waals surface area contributed by atoms with Crippen LogP contribution < -0.4 is 0 Å². The van der Waals surface area contributed by atoms with E-state index in [9.17, 15) is 9.90 Å². The van der Waals surface area contributed by atoms with Crippen molar-refractivity contribution in [3.63, 3.8) is 0 Å². The molecule has 2 atom stereocenters. The van der Waals surface area contributed by atoms with Crippen molar-refractivity contribution < 1.29 is 9.90 Å². The van der Waals surface area contributed by atoms with E-state index < -0.39 is 6.10 Å². The van der Waals surface area contributed by atoms with Crippen molar-refractivity contribution in [1.82, 2.24) is 4.90 Å². The highest BCUT2D eigenvalue weighted by molar-refractivity contribution is 5.79. The number of hydrogen-bond donors (Lipinski definition) is 1. The first-order valence-electron chi connectivity index (χ1n) is 4.95. The zero-order chi connectivity index (χ0) is 10.0. The molecule has 1 heterocycles. The van der Waals surface area contributed by atoms with Gasteiger partial charge >= 0.3 is 0 Å². The van der Waals surface area contributed by atoms with Gasteiger partial charge in [-0.15, -0.1) is 0 Å². The van der Waals surface area contributed by atoms with Crippen LogP contribution in [0.15, 0.2) is 0 Å². The quantitative estimate of drug-likeness (QED) is 0.687. The van der Waals surface area contributed by atoms with Gasteiger partial charge in [-0.2, -0.15) is 0 Å². The average Bonchev–Trinajstić information content (AvgIpc) is 2.04. The summed E-state index contributed by atoms with van der Waals surface area (Å²) in [4.78, 5) is 13.4. The predicted octanol–water partition coefficient (Wildman–Crippen LogP) is 0.667. The minimum Gasteiger partial charge on any atom is -0.392 e. The van der Waals surface area contributed by atoms with Gasteiger partial charge in [0.25, 0.3) is 0 Å². The molecule has 0 amide bonds. The summed E-state index contributed by atoms with van der Waals surface area (Å²) < 4.78 is 0. The minimum atomic E-state index is -0.424. The van der Waals surface area contributed by atoms with E-state index in [1.54, 1.807) is 6.92 Å². The second-order valence-corrected chi connectivity index (χ2v) is 4.16. The van der Waals surface area contributed by atoms with E-state index >= 15 is 0 Å². The van der Waals surface area contributed by atoms with Gasteiger partial charge in [-0.25, -0.2) is 0 Å². The summed E-state index contributed by atoms with van der Waals surface area (Å²) in [5.74, 6) is -0.0611. The van der Waals surface area contributed by atoms with E-state index in [1.165, 1.54) is 0 Å². The maximum atomic E-state index is 11.2. The number of hydrogen-bond acceptors (Lipinski definition) is 3. The Balaban J connectivity index is 2.58. The highest BCUT2D eigenvalue weighted by Gasteiger charge is 2.31. The topological polar surface area (TPSA) is 40.5 Å². The first-order valence-corrected chi connectivity index (χ1v) is 4.95. The van der Waals surface area contributed by atoms with Crippen LogP contribution in [0.1, 0.15) is 27.2 Å². The largest absolute Gasteiger partial charge is 0.392 e. The molecule has 0 bridgehead atoms. The molecule has 1 rings (SSSR count). The molecule has 3 nitrogen and oxygen atoms in total. The average molecular weight is 185 g/mol. The number of carbonyl (C=O) groups is 1. The van der Waals surface area contributed by atoms with Crippen LogP contribution >= 0.6 is 0 Å². The second-order valence-electron chi connectivity index (χ2n) is 4.16. The lowest BCUT2D eigenvalue weighted by Gasteiger charge is -2.37. The van der Waals surface area contributed by atoms with Gasteiger partial charge in [0.1, 0.15) is 5.78 Å². The smallest absolute Gasteiger partial charge is 0.136 e. The third kappa shape index (κ3) is 2.51. The summed E-state index contributed by atoms with van der Waals surface area (Å²) in [5.41, 5.74) is 0. The molecule has 0 radical (unpaired) electrons. The number of aliphatic hydroxyl groups is 1. The van der Waals surface area contributed by atoms with Crippen molar-refractivity contribution in [2.45, 2.75) is 39.3 Å². The fourth-order valence-electron chi connectivity index (χ4n) is 1.83. The van der Waals surface area contributed by atoms with Crippen LogP contribution in [0.3, 0.4) is 0 Å². The summed E-state index contributed by atoms with van der Waals surface area (Å²) in [7, 11) is 0. The Morgan fingerprint density at radius 1 is 1.54 bits per heavy atom. The van der Waals surface area contributed by atoms with E-state index in [0.29, 0.717) is 12.6 Å². The second kappa shape index (κ2) is 4.20. The molecule has 0 spiro atoms. The van der Waals surface area contributed by atoms with Gasteiger partial charge in [0, 0.05) is 19.1 Å². The number of aliphatic hydroxyl groups excluding tert-OH is 1. The number of piperidine rings is 1. The standard InChI is InChI=1S/C10H19NO2/c1-7(2)11-5-4-10(13)9(6-11)8(3)12/h7,9-10,13H,4-6H2,1-3H3/t9-,10+/m0/s1. The van der Waals surface area contributed by atoms with Crippen LogP contribution in [-0.2, 0) is 4.79 Å². The molecule has 13 heavy (non-hydrogen) atoms. The lowest BCUT2D eigenvalue weighted by Crippen LogP contribution is -2.48. The van der Waals surface area contributed by atoms with Crippen LogP contribution in [0.2, 0.25) is 0 Å². The predicted molar refractivity (Wildman–Crippen MR) is 51.5 cm³/mol. The molecule has 76 valence electrons. The molecule has 0 aromatic rings. The number of nitrogens with zero attached hydrogens (tertiary/aromatic N) is 1. The van der Waals surface area contributed by atoms with E-state index in [2.05, 4.69) is 18.7 Å². The third-order valence-electron chi connectivity index (χ3n) is 2.86. The van der Waals surface area contributed by atoms with Crippen LogP contribution in [0.25, 0.3) is 0 Å². The summed E-state index contributed by atoms with van der Waals surface area (Å²) in [6.45, 7) is 7.43. The van der Waals surface area contributed by atoms with Gasteiger partial charge in [0.15, 0.2) is 0 Å². The normalized spacial score (nSPS) is 30.8. The lowest BCUT2D eigenvalue weighted by atomic mass is 9.91. The van der Waals surface area contributed by atoms with E-state index in [1.807, 2.05) is 0 Å². The van der Waals surface area contributed by atoms with Gasteiger partial charge in [0.05, 0.1) is 12.0 Å². The maximum Gasteiger partial charge on any atom is 0.136 e. The first kappa shape index (κ1) is 10.7. The van der Waals surface area contributed by atoms with Gasteiger partial charge < -0.3 is 10.0 Å². The van der Waals surface area contributed by atoms with E-state index in [0.717, 1.165) is 13.0 Å². The number of carbonyl (C=O) groups excluding carboxylic acids is 1. The molecule has 3 heteroatoms. The number of Topliss-reactive ketones (excluding diaryl/α,β-unsaturated/α-hetero) is 1. The Labute approximate surface area is 79.7 Å². The molecule has 0 saturated carbocycles. The third-order valence-corrected chi connectivity index (χ3v) is 2.86. The highest BCUT2D eigenvalue weighted by Crippen LogP contribution is 2.19. The van der Waals surface area contributed by atoms with Crippen molar-refractivity contribution in [3.05, 3.63) is 0 Å². The molecular weight excluding hydrogens is 166 g/mol. The Hall–Kier alpha value is -0.410. The van der Waals surface area contributed by atoms with Gasteiger partial charge in [0.2, 0.25) is 0 Å². The number of rotatable bonds is 2. The molecule has 1 fully saturated rings. The molecule has 1 N–H and O–H groups in total. The SMILES string of the molecule is CC(=O)[C@@H]1CN(C(C)C)CC[C@H]1O. The Morgan fingerprint density at radius 3 is 2.62 bits per heavy atom. The summed E-state index contributed by atoms with van der Waals surface area (Å²) >= 11 is 0. The summed E-state index contributed by atoms with van der Waals surface area (Å²) in [5, 5.41) is 9.59. The fourth-order valence-corrected chi connectivity index (χ4v) is 1.83. The monoisotopic (exact) mass is 185 g/mol. The molecule has 0 unspecified atom stereocenters. The van der Waals surface area contributed by atoms with Crippen molar-refractivity contribution in [3.8, 4) is 0 Å². The first-order chi connectivity index (χ1) is 6.02. The van der Waals surface area contributed by atoms with Gasteiger partial charge in [-0.05, 0) is 27.2 Å². The van der Waals surface area contributed by atoms with Crippen LogP contribution in [0, 0.1) is 5.92 Å². The van der Waals surface area contributed by atoms with Crippen LogP contribution in [0.4, 0.5) is 0 Å². The summed E-state index contributed by atoms with van der Waals surface area (Å²) in [6.07, 6.45) is 0.301. The highest BCUT2D eigenvalue weighted by atomic mass is 16.3. The van der Waals surface area contributed by atoms with Crippen LogP contribution in [0.5, 0.6) is 0 Å². The van der Waals surface area contributed by atoms with E-state index in [4.69, 9.17) is 0 Å². The number of ketones is 1. The molecule has 1 aliphatic heterocycles. The maximum absolute atomic E-state index is 11.2. The molecule has 0 aromatic carbocycles. The zero-order valence-electron chi connectivity index (χ0n) is 8.66. The van der Waals surface area contributed by atoms with Crippen molar-refractivity contribution in [2.24, 2.45) is 5.92 Å². The zero-order valence-corrected chi connectivity index (χ0v) is 8.66. The minimum absolute atomic E-state index is 0.109. The molecular formula is C10H19NO2. The van der Waals surface area contributed by atoms with Crippen molar-refractivity contribution in [1.29, 1.82) is 0 Å². The molecule has 1 saturated heterocycles. The Kier molecular flexibility index (Phi) is 3.45. The van der Waals surface area contributed by atoms with Crippen molar-refractivity contribution >= 4 is 5.78 Å². The van der Waals surface area contributed by atoms with Gasteiger partial charge in [-0.1, -0.05) is 0 Å². The van der Waals surface area contributed by atoms with Crippen molar-refractivity contribution in [2.75, 3.05) is 13.1 Å². The van der Waals surface area contributed by atoms with Crippen LogP contribution in [-0.4, -0.2) is 41.0 Å². The lowest BCUT2D eigenvalue weighted by molar-refractivity contribution is -0.127. The molecule has 0 aromatic heterocycles. The molecule has 1 aliphatic rings. The van der Waals surface area contributed by atoms with Gasteiger partial charge in [-0.3, -0.25) is 4.79 Å².